The number of piperidine rings is 1. The molecule has 0 unspecified atom stereocenters. The molecule has 2 aliphatic rings. The van der Waals surface area contributed by atoms with Crippen LogP contribution in [0, 0.1) is 26.6 Å². The van der Waals surface area contributed by atoms with Gasteiger partial charge in [0.05, 0.1) is 0 Å². The van der Waals surface area contributed by atoms with E-state index in [1.54, 1.807) is 30.0 Å². The number of likely N-dealkylation sites (tertiary alicyclic amines) is 1. The second-order valence-electron chi connectivity index (χ2n) is 11.8. The maximum atomic E-state index is 13.9. The van der Waals surface area contributed by atoms with Crippen LogP contribution in [-0.2, 0) is 5.41 Å². The number of hydrogen-bond donors (Lipinski definition) is 0. The number of halogens is 2. The van der Waals surface area contributed by atoms with Crippen LogP contribution in [0.1, 0.15) is 51.1 Å². The molecule has 0 N–H and O–H groups in total. The number of aromatic nitrogens is 1. The molecule has 6 rings (SSSR count). The van der Waals surface area contributed by atoms with Gasteiger partial charge >= 0.3 is 0 Å². The maximum absolute atomic E-state index is 13.9. The van der Waals surface area contributed by atoms with E-state index in [-0.39, 0.29) is 17.1 Å². The highest BCUT2D eigenvalue weighted by Gasteiger charge is 2.46. The van der Waals surface area contributed by atoms with Gasteiger partial charge in [-0.25, -0.2) is 9.37 Å². The molecule has 0 atom stereocenters. The molecule has 43 heavy (non-hydrogen) atoms. The third-order valence-electron chi connectivity index (χ3n) is 8.65. The minimum atomic E-state index is -0.242. The quantitative estimate of drug-likeness (QED) is 0.204. The molecule has 4 nitrogen and oxygen atoms in total. The average Bonchev–Trinajstić information content (AvgIpc) is 3.28. The summed E-state index contributed by atoms with van der Waals surface area (Å²) in [5, 5.41) is 0.325. The fourth-order valence-electron chi connectivity index (χ4n) is 6.37. The summed E-state index contributed by atoms with van der Waals surface area (Å²) in [7, 11) is 0. The van der Waals surface area contributed by atoms with Gasteiger partial charge in [0.15, 0.2) is 0 Å². The normalized spacial score (nSPS) is 16.3. The number of anilines is 1. The summed E-state index contributed by atoms with van der Waals surface area (Å²) in [4.78, 5) is 24.7. The highest BCUT2D eigenvalue weighted by molar-refractivity contribution is 7.99. The summed E-state index contributed by atoms with van der Waals surface area (Å²) >= 11 is 7.86. The summed E-state index contributed by atoms with van der Waals surface area (Å²) in [6.45, 7) is 9.57. The van der Waals surface area contributed by atoms with Crippen LogP contribution >= 0.6 is 23.4 Å². The van der Waals surface area contributed by atoms with Gasteiger partial charge in [0.1, 0.15) is 11.0 Å². The van der Waals surface area contributed by atoms with Crippen molar-refractivity contribution in [1.82, 2.24) is 9.88 Å². The standard InChI is InChI=1S/C36H35ClFN3OS/c1-24-6-7-27(25(2)19-24)5-4-16-40-17-14-36(15-18-40)23-41(35(42)28-20-26(3)39-34(37)21-28)33-13-12-31(22-32(33)36)43-30-10-8-29(38)9-11-30/h4-13,19-22H,14-18,23H2,1-3H3/b5-4+. The van der Waals surface area contributed by atoms with Crippen LogP contribution in [0.4, 0.5) is 10.1 Å². The zero-order chi connectivity index (χ0) is 30.1. The molecule has 1 saturated heterocycles. The molecule has 0 bridgehead atoms. The molecule has 220 valence electrons. The third kappa shape index (κ3) is 6.42. The van der Waals surface area contributed by atoms with Crippen molar-refractivity contribution in [2.45, 2.75) is 48.8 Å². The number of pyridine rings is 1. The van der Waals surface area contributed by atoms with Gasteiger partial charge in [-0.15, -0.1) is 0 Å². The molecule has 3 heterocycles. The van der Waals surface area contributed by atoms with Crippen LogP contribution < -0.4 is 4.90 Å². The minimum absolute atomic E-state index is 0.0525. The van der Waals surface area contributed by atoms with Gasteiger partial charge in [0.25, 0.3) is 5.91 Å². The molecule has 7 heteroatoms. The summed E-state index contributed by atoms with van der Waals surface area (Å²) < 4.78 is 13.5. The molecule has 0 radical (unpaired) electrons. The molecular formula is C36H35ClFN3OS. The lowest BCUT2D eigenvalue weighted by Crippen LogP contribution is -2.46. The van der Waals surface area contributed by atoms with Crippen LogP contribution in [0.3, 0.4) is 0 Å². The fourth-order valence-corrected chi connectivity index (χ4v) is 7.48. The van der Waals surface area contributed by atoms with E-state index in [1.165, 1.54) is 34.4 Å². The first-order valence-corrected chi connectivity index (χ1v) is 15.9. The van der Waals surface area contributed by atoms with E-state index >= 15 is 0 Å². The van der Waals surface area contributed by atoms with E-state index in [1.807, 2.05) is 17.9 Å². The molecular weight excluding hydrogens is 577 g/mol. The van der Waals surface area contributed by atoms with E-state index in [2.05, 4.69) is 72.3 Å². The lowest BCUT2D eigenvalue weighted by molar-refractivity contribution is 0.0977. The zero-order valence-corrected chi connectivity index (χ0v) is 26.3. The molecule has 1 amide bonds. The number of nitrogens with zero attached hydrogens (tertiary/aromatic N) is 3. The third-order valence-corrected chi connectivity index (χ3v) is 9.85. The second-order valence-corrected chi connectivity index (χ2v) is 13.3. The molecule has 0 aliphatic carbocycles. The van der Waals surface area contributed by atoms with E-state index in [0.717, 1.165) is 53.6 Å². The van der Waals surface area contributed by atoms with Crippen molar-refractivity contribution in [2.75, 3.05) is 31.1 Å². The Morgan fingerprint density at radius 3 is 2.44 bits per heavy atom. The van der Waals surface area contributed by atoms with Crippen molar-refractivity contribution >= 4 is 41.0 Å². The number of hydrogen-bond acceptors (Lipinski definition) is 4. The van der Waals surface area contributed by atoms with Crippen molar-refractivity contribution in [3.63, 3.8) is 0 Å². The van der Waals surface area contributed by atoms with Gasteiger partial charge in [-0.3, -0.25) is 9.69 Å². The first kappa shape index (κ1) is 29.6. The Morgan fingerprint density at radius 1 is 0.977 bits per heavy atom. The molecule has 3 aromatic carbocycles. The lowest BCUT2D eigenvalue weighted by Gasteiger charge is -2.39. The van der Waals surface area contributed by atoms with Gasteiger partial charge in [-0.05, 0) is 118 Å². The van der Waals surface area contributed by atoms with Gasteiger partial charge in [-0.2, -0.15) is 0 Å². The minimum Gasteiger partial charge on any atom is -0.307 e. The first-order valence-electron chi connectivity index (χ1n) is 14.7. The maximum Gasteiger partial charge on any atom is 0.258 e. The van der Waals surface area contributed by atoms with Gasteiger partial charge < -0.3 is 4.90 Å². The first-order chi connectivity index (χ1) is 20.7. The second kappa shape index (κ2) is 12.3. The SMILES string of the molecule is Cc1ccc(/C=C/CN2CCC3(CC2)CN(C(=O)c2cc(C)nc(Cl)c2)c2ccc(Sc4ccc(F)cc4)cc23)c(C)c1. The summed E-state index contributed by atoms with van der Waals surface area (Å²) in [5.41, 5.74) is 7.15. The van der Waals surface area contributed by atoms with Crippen LogP contribution in [-0.4, -0.2) is 42.0 Å². The number of fused-ring (bicyclic) bond motifs is 2. The van der Waals surface area contributed by atoms with Crippen molar-refractivity contribution in [3.8, 4) is 0 Å². The van der Waals surface area contributed by atoms with Gasteiger partial charge in [0.2, 0.25) is 0 Å². The van der Waals surface area contributed by atoms with E-state index in [4.69, 9.17) is 11.6 Å². The van der Waals surface area contributed by atoms with Crippen LogP contribution in [0.2, 0.25) is 5.15 Å². The van der Waals surface area contributed by atoms with Gasteiger partial charge in [-0.1, -0.05) is 59.3 Å². The van der Waals surface area contributed by atoms with E-state index < -0.39 is 0 Å². The summed E-state index contributed by atoms with van der Waals surface area (Å²) in [6, 6.07) is 23.0. The Hall–Kier alpha value is -3.45. The average molecular weight is 612 g/mol. The number of rotatable bonds is 6. The molecule has 2 aliphatic heterocycles. The molecule has 0 saturated carbocycles. The summed E-state index contributed by atoms with van der Waals surface area (Å²) in [5.74, 6) is -0.295. The van der Waals surface area contributed by atoms with Crippen molar-refractivity contribution < 1.29 is 9.18 Å². The molecule has 1 fully saturated rings. The predicted octanol–water partition coefficient (Wildman–Crippen LogP) is 8.66. The molecule has 4 aromatic rings. The van der Waals surface area contributed by atoms with E-state index in [0.29, 0.717) is 17.3 Å². The Balaban J connectivity index is 1.25. The number of aryl methyl sites for hydroxylation is 3. The summed E-state index contributed by atoms with van der Waals surface area (Å²) in [6.07, 6.45) is 6.41. The zero-order valence-electron chi connectivity index (χ0n) is 24.7. The Kier molecular flexibility index (Phi) is 8.45. The fraction of sp³-hybridized carbons (Fsp3) is 0.278. The van der Waals surface area contributed by atoms with Crippen molar-refractivity contribution in [2.24, 2.45) is 0 Å². The predicted molar refractivity (Wildman–Crippen MR) is 175 cm³/mol. The van der Waals surface area contributed by atoms with E-state index in [9.17, 15) is 9.18 Å². The Labute approximate surface area is 262 Å². The number of carbonyl (C=O) groups excluding carboxylic acids is 1. The lowest BCUT2D eigenvalue weighted by atomic mass is 9.74. The van der Waals surface area contributed by atoms with Crippen molar-refractivity contribution in [3.05, 3.63) is 123 Å². The van der Waals surface area contributed by atoms with Crippen molar-refractivity contribution in [1.29, 1.82) is 0 Å². The number of amides is 1. The van der Waals surface area contributed by atoms with Crippen LogP contribution in [0.5, 0.6) is 0 Å². The Bertz CT molecular complexity index is 1680. The van der Waals surface area contributed by atoms with Gasteiger partial charge in [0, 0.05) is 45.2 Å². The van der Waals surface area contributed by atoms with Crippen LogP contribution in [0.25, 0.3) is 6.08 Å². The number of benzene rings is 3. The Morgan fingerprint density at radius 2 is 1.72 bits per heavy atom. The topological polar surface area (TPSA) is 36.4 Å². The highest BCUT2D eigenvalue weighted by atomic mass is 35.5. The highest BCUT2D eigenvalue weighted by Crippen LogP contribution is 2.49. The monoisotopic (exact) mass is 611 g/mol. The smallest absolute Gasteiger partial charge is 0.258 e. The van der Waals surface area contributed by atoms with Crippen LogP contribution in [0.15, 0.2) is 88.7 Å². The molecule has 1 spiro atoms. The largest absolute Gasteiger partial charge is 0.307 e. The molecule has 1 aromatic heterocycles. The number of carbonyl (C=O) groups is 1.